The molecule has 1 atom stereocenters. The van der Waals surface area contributed by atoms with Gasteiger partial charge < -0.3 is 15.0 Å². The Morgan fingerprint density at radius 2 is 2.25 bits per heavy atom. The number of aryl methyl sites for hydroxylation is 1. The van der Waals surface area contributed by atoms with E-state index in [1.807, 2.05) is 48.2 Å². The van der Waals surface area contributed by atoms with Crippen molar-refractivity contribution >= 4 is 5.91 Å². The standard InChI is InChI=1S/C19H23N3O2/c1-14-6-7-18(11-21-14)24-13-16-4-3-5-17(10-16)19(23)22-9-8-20-15(2)12-22/h3-7,10-11,15,20H,8-9,12-13H2,1-2H3. The molecule has 1 aliphatic rings. The Bertz CT molecular complexity index is 700. The number of pyridine rings is 1. The number of aromatic nitrogens is 1. The van der Waals surface area contributed by atoms with Gasteiger partial charge in [-0.2, -0.15) is 0 Å². The smallest absolute Gasteiger partial charge is 0.253 e. The van der Waals surface area contributed by atoms with E-state index in [4.69, 9.17) is 4.74 Å². The molecule has 3 rings (SSSR count). The van der Waals surface area contributed by atoms with Crippen LogP contribution in [0.3, 0.4) is 0 Å². The van der Waals surface area contributed by atoms with E-state index < -0.39 is 0 Å². The van der Waals surface area contributed by atoms with E-state index in [9.17, 15) is 4.79 Å². The molecule has 2 heterocycles. The van der Waals surface area contributed by atoms with E-state index in [1.54, 1.807) is 6.20 Å². The predicted molar refractivity (Wildman–Crippen MR) is 93.1 cm³/mol. The first-order valence-electron chi connectivity index (χ1n) is 8.29. The molecule has 0 radical (unpaired) electrons. The van der Waals surface area contributed by atoms with Crippen molar-refractivity contribution in [2.45, 2.75) is 26.5 Å². The topological polar surface area (TPSA) is 54.5 Å². The minimum absolute atomic E-state index is 0.0854. The Morgan fingerprint density at radius 3 is 3.00 bits per heavy atom. The van der Waals surface area contributed by atoms with E-state index >= 15 is 0 Å². The maximum Gasteiger partial charge on any atom is 0.253 e. The number of amides is 1. The molecule has 5 heteroatoms. The molecule has 1 N–H and O–H groups in total. The zero-order valence-corrected chi connectivity index (χ0v) is 14.2. The van der Waals surface area contributed by atoms with Crippen molar-refractivity contribution in [3.05, 3.63) is 59.4 Å². The summed E-state index contributed by atoms with van der Waals surface area (Å²) < 4.78 is 5.75. The van der Waals surface area contributed by atoms with Gasteiger partial charge in [0.2, 0.25) is 0 Å². The van der Waals surface area contributed by atoms with E-state index in [0.717, 1.165) is 36.6 Å². The highest BCUT2D eigenvalue weighted by Gasteiger charge is 2.21. The second kappa shape index (κ2) is 7.45. The van der Waals surface area contributed by atoms with Gasteiger partial charge in [0, 0.05) is 36.9 Å². The van der Waals surface area contributed by atoms with Crippen molar-refractivity contribution in [1.82, 2.24) is 15.2 Å². The second-order valence-corrected chi connectivity index (χ2v) is 6.23. The molecule has 1 unspecified atom stereocenters. The van der Waals surface area contributed by atoms with Crippen molar-refractivity contribution in [2.75, 3.05) is 19.6 Å². The van der Waals surface area contributed by atoms with Crippen LogP contribution in [0, 0.1) is 6.92 Å². The van der Waals surface area contributed by atoms with Gasteiger partial charge >= 0.3 is 0 Å². The van der Waals surface area contributed by atoms with Crippen LogP contribution in [0.25, 0.3) is 0 Å². The third-order valence-corrected chi connectivity index (χ3v) is 4.12. The van der Waals surface area contributed by atoms with Crippen molar-refractivity contribution < 1.29 is 9.53 Å². The van der Waals surface area contributed by atoms with Crippen LogP contribution in [-0.2, 0) is 6.61 Å². The largest absolute Gasteiger partial charge is 0.487 e. The molecule has 0 aliphatic carbocycles. The third-order valence-electron chi connectivity index (χ3n) is 4.12. The number of hydrogen-bond donors (Lipinski definition) is 1. The summed E-state index contributed by atoms with van der Waals surface area (Å²) in [6.45, 7) is 6.79. The summed E-state index contributed by atoms with van der Waals surface area (Å²) in [5.41, 5.74) is 2.65. The van der Waals surface area contributed by atoms with Crippen LogP contribution in [0.2, 0.25) is 0 Å². The number of ether oxygens (including phenoxy) is 1. The molecule has 2 aromatic rings. The number of nitrogens with zero attached hydrogens (tertiary/aromatic N) is 2. The number of nitrogens with one attached hydrogen (secondary N) is 1. The molecule has 126 valence electrons. The molecule has 0 bridgehead atoms. The van der Waals surface area contributed by atoms with Gasteiger partial charge in [-0.3, -0.25) is 9.78 Å². The van der Waals surface area contributed by atoms with Crippen molar-refractivity contribution in [3.8, 4) is 5.75 Å². The van der Waals surface area contributed by atoms with E-state index in [0.29, 0.717) is 18.2 Å². The average Bonchev–Trinajstić information content (AvgIpc) is 2.61. The zero-order chi connectivity index (χ0) is 16.9. The molecule has 1 saturated heterocycles. The molecule has 0 spiro atoms. The number of piperazine rings is 1. The first-order valence-corrected chi connectivity index (χ1v) is 8.29. The molecule has 24 heavy (non-hydrogen) atoms. The average molecular weight is 325 g/mol. The van der Waals surface area contributed by atoms with E-state index in [-0.39, 0.29) is 5.91 Å². The molecule has 0 saturated carbocycles. The normalized spacial score (nSPS) is 17.6. The lowest BCUT2D eigenvalue weighted by molar-refractivity contribution is 0.0709. The Hall–Kier alpha value is -2.40. The SMILES string of the molecule is Cc1ccc(OCc2cccc(C(=O)N3CCNC(C)C3)c2)cn1. The molecule has 1 aliphatic heterocycles. The first kappa shape index (κ1) is 16.5. The third kappa shape index (κ3) is 4.11. The van der Waals surface area contributed by atoms with Crippen LogP contribution >= 0.6 is 0 Å². The van der Waals surface area contributed by atoms with Crippen LogP contribution in [0.5, 0.6) is 5.75 Å². The van der Waals surface area contributed by atoms with Gasteiger partial charge in [-0.05, 0) is 43.7 Å². The molecule has 5 nitrogen and oxygen atoms in total. The fourth-order valence-electron chi connectivity index (χ4n) is 2.80. The Kier molecular flexibility index (Phi) is 5.11. The number of hydrogen-bond acceptors (Lipinski definition) is 4. The van der Waals surface area contributed by atoms with Crippen molar-refractivity contribution in [2.24, 2.45) is 0 Å². The Morgan fingerprint density at radius 1 is 1.38 bits per heavy atom. The lowest BCUT2D eigenvalue weighted by atomic mass is 10.1. The second-order valence-electron chi connectivity index (χ2n) is 6.23. The maximum atomic E-state index is 12.7. The van der Waals surface area contributed by atoms with E-state index in [2.05, 4.69) is 17.2 Å². The van der Waals surface area contributed by atoms with Gasteiger partial charge in [-0.25, -0.2) is 0 Å². The zero-order valence-electron chi connectivity index (χ0n) is 14.2. The number of benzene rings is 1. The highest BCUT2D eigenvalue weighted by atomic mass is 16.5. The summed E-state index contributed by atoms with van der Waals surface area (Å²) in [5, 5.41) is 3.35. The lowest BCUT2D eigenvalue weighted by Crippen LogP contribution is -2.51. The number of carbonyl (C=O) groups excluding carboxylic acids is 1. The summed E-state index contributed by atoms with van der Waals surface area (Å²) in [7, 11) is 0. The molecular weight excluding hydrogens is 302 g/mol. The molecule has 1 aromatic carbocycles. The quantitative estimate of drug-likeness (QED) is 0.938. The van der Waals surface area contributed by atoms with Crippen molar-refractivity contribution in [3.63, 3.8) is 0 Å². The number of rotatable bonds is 4. The summed E-state index contributed by atoms with van der Waals surface area (Å²) >= 11 is 0. The molecule has 1 aromatic heterocycles. The highest BCUT2D eigenvalue weighted by Crippen LogP contribution is 2.14. The van der Waals surface area contributed by atoms with Crippen LogP contribution in [0.15, 0.2) is 42.6 Å². The van der Waals surface area contributed by atoms with Crippen LogP contribution < -0.4 is 10.1 Å². The molecule has 1 fully saturated rings. The minimum Gasteiger partial charge on any atom is -0.487 e. The Labute approximate surface area is 142 Å². The first-order chi connectivity index (χ1) is 11.6. The number of carbonyl (C=O) groups is 1. The van der Waals surface area contributed by atoms with Gasteiger partial charge in [0.1, 0.15) is 12.4 Å². The summed E-state index contributed by atoms with van der Waals surface area (Å²) in [6, 6.07) is 11.8. The fraction of sp³-hybridized carbons (Fsp3) is 0.368. The summed E-state index contributed by atoms with van der Waals surface area (Å²) in [4.78, 5) is 18.8. The predicted octanol–water partition coefficient (Wildman–Crippen LogP) is 2.40. The Balaban J connectivity index is 1.65. The monoisotopic (exact) mass is 325 g/mol. The van der Waals surface area contributed by atoms with Crippen LogP contribution in [0.4, 0.5) is 0 Å². The molecular formula is C19H23N3O2. The van der Waals surface area contributed by atoms with Gasteiger partial charge in [0.25, 0.3) is 5.91 Å². The molecule has 1 amide bonds. The minimum atomic E-state index is 0.0854. The fourth-order valence-corrected chi connectivity index (χ4v) is 2.80. The lowest BCUT2D eigenvalue weighted by Gasteiger charge is -2.32. The van der Waals surface area contributed by atoms with Crippen LogP contribution in [0.1, 0.15) is 28.5 Å². The van der Waals surface area contributed by atoms with Gasteiger partial charge in [0.05, 0.1) is 6.20 Å². The van der Waals surface area contributed by atoms with Gasteiger partial charge in [-0.1, -0.05) is 12.1 Å². The van der Waals surface area contributed by atoms with E-state index in [1.165, 1.54) is 0 Å². The van der Waals surface area contributed by atoms with Gasteiger partial charge in [-0.15, -0.1) is 0 Å². The maximum absolute atomic E-state index is 12.7. The van der Waals surface area contributed by atoms with Crippen LogP contribution in [-0.4, -0.2) is 41.5 Å². The summed E-state index contributed by atoms with van der Waals surface area (Å²) in [6.07, 6.45) is 1.71. The van der Waals surface area contributed by atoms with Gasteiger partial charge in [0.15, 0.2) is 0 Å². The highest BCUT2D eigenvalue weighted by molar-refractivity contribution is 5.94. The van der Waals surface area contributed by atoms with Crippen molar-refractivity contribution in [1.29, 1.82) is 0 Å². The summed E-state index contributed by atoms with van der Waals surface area (Å²) in [5.74, 6) is 0.815.